The van der Waals surface area contributed by atoms with Crippen LogP contribution in [0, 0.1) is 3.57 Å². The molecule has 0 saturated carbocycles. The van der Waals surface area contributed by atoms with Crippen molar-refractivity contribution in [3.8, 4) is 11.4 Å². The molecule has 2 aromatic carbocycles. The summed E-state index contributed by atoms with van der Waals surface area (Å²) in [5.74, 6) is 2.33. The van der Waals surface area contributed by atoms with Crippen molar-refractivity contribution in [2.24, 2.45) is 0 Å². The summed E-state index contributed by atoms with van der Waals surface area (Å²) >= 11 is 8.25. The fourth-order valence-electron chi connectivity index (χ4n) is 2.39. The number of imidazole rings is 1. The number of halogens is 2. The van der Waals surface area contributed by atoms with Gasteiger partial charge in [0.15, 0.2) is 0 Å². The molecule has 0 fully saturated rings. The van der Waals surface area contributed by atoms with E-state index in [4.69, 9.17) is 21.3 Å². The predicted octanol–water partition coefficient (Wildman–Crippen LogP) is 4.42. The number of alkyl halides is 1. The zero-order chi connectivity index (χ0) is 14.8. The summed E-state index contributed by atoms with van der Waals surface area (Å²) in [6.45, 7) is 0. The van der Waals surface area contributed by atoms with Gasteiger partial charge in [0.25, 0.3) is 0 Å². The van der Waals surface area contributed by atoms with Crippen LogP contribution in [0.5, 0.6) is 5.75 Å². The van der Waals surface area contributed by atoms with Gasteiger partial charge in [0.1, 0.15) is 11.6 Å². The van der Waals surface area contributed by atoms with Crippen molar-refractivity contribution in [3.05, 3.63) is 51.9 Å². The summed E-state index contributed by atoms with van der Waals surface area (Å²) in [7, 11) is 1.66. The maximum Gasteiger partial charge on any atom is 0.121 e. The second kappa shape index (κ2) is 6.23. The molecule has 0 unspecified atom stereocenters. The third kappa shape index (κ3) is 2.87. The lowest BCUT2D eigenvalue weighted by molar-refractivity contribution is 0.415. The van der Waals surface area contributed by atoms with Gasteiger partial charge in [0.2, 0.25) is 0 Å². The summed E-state index contributed by atoms with van der Waals surface area (Å²) in [5.41, 5.74) is 3.10. The van der Waals surface area contributed by atoms with Crippen LogP contribution < -0.4 is 4.74 Å². The number of nitrogens with zero attached hydrogens (tertiary/aromatic N) is 2. The highest BCUT2D eigenvalue weighted by atomic mass is 127. The summed E-state index contributed by atoms with van der Waals surface area (Å²) in [6, 6.07) is 14.3. The van der Waals surface area contributed by atoms with Crippen LogP contribution in [0.2, 0.25) is 0 Å². The minimum absolute atomic E-state index is 0.546. The molecule has 0 N–H and O–H groups in total. The first-order valence-corrected chi connectivity index (χ1v) is 8.21. The van der Waals surface area contributed by atoms with Crippen LogP contribution >= 0.6 is 34.2 Å². The molecule has 0 amide bonds. The smallest absolute Gasteiger partial charge is 0.121 e. The zero-order valence-corrected chi connectivity index (χ0v) is 14.4. The lowest BCUT2D eigenvalue weighted by Crippen LogP contribution is -2.02. The van der Waals surface area contributed by atoms with E-state index in [9.17, 15) is 0 Å². The van der Waals surface area contributed by atoms with Crippen LogP contribution in [0.3, 0.4) is 0 Å². The van der Waals surface area contributed by atoms with Crippen molar-refractivity contribution in [1.82, 2.24) is 9.55 Å². The fourth-order valence-corrected chi connectivity index (χ4v) is 3.09. The highest BCUT2D eigenvalue weighted by Gasteiger charge is 2.13. The molecule has 108 valence electrons. The van der Waals surface area contributed by atoms with Crippen molar-refractivity contribution in [2.75, 3.05) is 13.0 Å². The normalized spacial score (nSPS) is 11.0. The van der Waals surface area contributed by atoms with Gasteiger partial charge in [-0.25, -0.2) is 4.98 Å². The van der Waals surface area contributed by atoms with Crippen LogP contribution in [0.4, 0.5) is 0 Å². The van der Waals surface area contributed by atoms with Gasteiger partial charge < -0.3 is 4.74 Å². The molecule has 0 atom stereocenters. The third-order valence-corrected chi connectivity index (χ3v) is 4.18. The Hall–Kier alpha value is -1.27. The van der Waals surface area contributed by atoms with Crippen molar-refractivity contribution >= 4 is 45.2 Å². The minimum Gasteiger partial charge on any atom is -0.497 e. The Balaban J connectivity index is 2.25. The van der Waals surface area contributed by atoms with E-state index in [-0.39, 0.29) is 0 Å². The van der Waals surface area contributed by atoms with Gasteiger partial charge in [0.05, 0.1) is 18.1 Å². The number of benzene rings is 2. The third-order valence-electron chi connectivity index (χ3n) is 3.32. The lowest BCUT2D eigenvalue weighted by Gasteiger charge is -2.09. The second-order valence-corrected chi connectivity index (χ2v) is 6.26. The van der Waals surface area contributed by atoms with E-state index in [1.54, 1.807) is 7.11 Å². The molecular weight excluding hydrogens is 399 g/mol. The summed E-state index contributed by atoms with van der Waals surface area (Å²) < 4.78 is 8.64. The number of rotatable bonds is 4. The standard InChI is InChI=1S/C16H14ClIN2O/c1-21-13-5-6-15-14(10-13)19-16(7-8-17)20(15)12-4-2-3-11(18)9-12/h2-6,9-10H,7-8H2,1H3. The first-order valence-electron chi connectivity index (χ1n) is 6.60. The van der Waals surface area contributed by atoms with Gasteiger partial charge in [-0.15, -0.1) is 11.6 Å². The number of ether oxygens (including phenoxy) is 1. The number of aryl methyl sites for hydroxylation is 1. The number of hydrogen-bond acceptors (Lipinski definition) is 2. The molecule has 21 heavy (non-hydrogen) atoms. The van der Waals surface area contributed by atoms with E-state index in [1.165, 1.54) is 3.57 Å². The van der Waals surface area contributed by atoms with E-state index in [0.29, 0.717) is 5.88 Å². The van der Waals surface area contributed by atoms with E-state index < -0.39 is 0 Å². The molecule has 3 aromatic rings. The monoisotopic (exact) mass is 412 g/mol. The fraction of sp³-hybridized carbons (Fsp3) is 0.188. The largest absolute Gasteiger partial charge is 0.497 e. The molecule has 0 aliphatic carbocycles. The number of aromatic nitrogens is 2. The minimum atomic E-state index is 0.546. The SMILES string of the molecule is COc1ccc2c(c1)nc(CCCl)n2-c1cccc(I)c1. The van der Waals surface area contributed by atoms with Crippen LogP contribution in [-0.2, 0) is 6.42 Å². The molecule has 1 heterocycles. The van der Waals surface area contributed by atoms with Crippen molar-refractivity contribution in [2.45, 2.75) is 6.42 Å². The van der Waals surface area contributed by atoms with Gasteiger partial charge in [-0.1, -0.05) is 6.07 Å². The zero-order valence-electron chi connectivity index (χ0n) is 11.5. The highest BCUT2D eigenvalue weighted by Crippen LogP contribution is 2.26. The lowest BCUT2D eigenvalue weighted by atomic mass is 10.2. The van der Waals surface area contributed by atoms with Gasteiger partial charge in [-0.3, -0.25) is 4.57 Å². The van der Waals surface area contributed by atoms with Crippen molar-refractivity contribution in [3.63, 3.8) is 0 Å². The summed E-state index contributed by atoms with van der Waals surface area (Å²) in [6.07, 6.45) is 0.726. The molecule has 0 spiro atoms. The molecular formula is C16H14ClIN2O. The quantitative estimate of drug-likeness (QED) is 0.468. The van der Waals surface area contributed by atoms with Gasteiger partial charge >= 0.3 is 0 Å². The van der Waals surface area contributed by atoms with E-state index in [1.807, 2.05) is 18.2 Å². The molecule has 0 aliphatic rings. The molecule has 5 heteroatoms. The Bertz CT molecular complexity index is 785. The van der Waals surface area contributed by atoms with Crippen LogP contribution in [0.25, 0.3) is 16.7 Å². The first kappa shape index (κ1) is 14.7. The second-order valence-electron chi connectivity index (χ2n) is 4.64. The average molecular weight is 413 g/mol. The molecule has 0 saturated heterocycles. The highest BCUT2D eigenvalue weighted by molar-refractivity contribution is 14.1. The molecule has 0 aliphatic heterocycles. The molecule has 0 radical (unpaired) electrons. The van der Waals surface area contributed by atoms with Crippen LogP contribution in [0.15, 0.2) is 42.5 Å². The maximum atomic E-state index is 5.93. The number of hydrogen-bond donors (Lipinski definition) is 0. The first-order chi connectivity index (χ1) is 10.2. The van der Waals surface area contributed by atoms with E-state index >= 15 is 0 Å². The Morgan fingerprint density at radius 2 is 2.10 bits per heavy atom. The summed E-state index contributed by atoms with van der Waals surface area (Å²) in [5, 5.41) is 0. The average Bonchev–Trinajstić information content (AvgIpc) is 2.84. The molecule has 1 aromatic heterocycles. The number of methoxy groups -OCH3 is 1. The van der Waals surface area contributed by atoms with E-state index in [0.717, 1.165) is 34.7 Å². The van der Waals surface area contributed by atoms with Gasteiger partial charge in [-0.2, -0.15) is 0 Å². The van der Waals surface area contributed by atoms with Crippen LogP contribution in [0.1, 0.15) is 5.82 Å². The van der Waals surface area contributed by atoms with Crippen LogP contribution in [-0.4, -0.2) is 22.5 Å². The summed E-state index contributed by atoms with van der Waals surface area (Å²) in [4.78, 5) is 4.71. The molecule has 0 bridgehead atoms. The van der Waals surface area contributed by atoms with E-state index in [2.05, 4.69) is 51.4 Å². The van der Waals surface area contributed by atoms with Gasteiger partial charge in [-0.05, 0) is 52.9 Å². The molecule has 3 rings (SSSR count). The van der Waals surface area contributed by atoms with Crippen molar-refractivity contribution < 1.29 is 4.74 Å². The molecule has 3 nitrogen and oxygen atoms in total. The Morgan fingerprint density at radius 1 is 1.24 bits per heavy atom. The Kier molecular flexibility index (Phi) is 4.35. The predicted molar refractivity (Wildman–Crippen MR) is 94.8 cm³/mol. The topological polar surface area (TPSA) is 27.1 Å². The number of fused-ring (bicyclic) bond motifs is 1. The maximum absolute atomic E-state index is 5.93. The van der Waals surface area contributed by atoms with Gasteiger partial charge in [0, 0.05) is 27.6 Å². The van der Waals surface area contributed by atoms with Crippen molar-refractivity contribution in [1.29, 1.82) is 0 Å². The Labute approximate surface area is 142 Å². The Morgan fingerprint density at radius 3 is 2.81 bits per heavy atom.